The third-order valence-corrected chi connectivity index (χ3v) is 1.44. The van der Waals surface area contributed by atoms with Gasteiger partial charge in [0.15, 0.2) is 5.82 Å². The summed E-state index contributed by atoms with van der Waals surface area (Å²) >= 11 is 0. The lowest BCUT2D eigenvalue weighted by atomic mass is 10.2. The lowest BCUT2D eigenvalue weighted by Gasteiger charge is -1.93. The van der Waals surface area contributed by atoms with Gasteiger partial charge in [-0.05, 0) is 6.07 Å². The van der Waals surface area contributed by atoms with E-state index in [9.17, 15) is 4.39 Å². The van der Waals surface area contributed by atoms with Gasteiger partial charge in [0.05, 0.1) is 11.8 Å². The maximum Gasteiger partial charge on any atom is 0.313 e. The van der Waals surface area contributed by atoms with Crippen LogP contribution in [-0.2, 0) is 0 Å². The number of pyridine rings is 1. The number of nitrogen functional groups attached to an aromatic ring is 1. The molecule has 2 rings (SSSR count). The summed E-state index contributed by atoms with van der Waals surface area (Å²) in [5, 5.41) is 6.95. The number of rotatable bonds is 1. The fourth-order valence-corrected chi connectivity index (χ4v) is 0.892. The molecule has 0 fully saturated rings. The molecule has 2 N–H and O–H groups in total. The first-order valence-electron chi connectivity index (χ1n) is 3.46. The number of nitrogens with two attached hydrogens (primary N) is 1. The van der Waals surface area contributed by atoms with Crippen LogP contribution in [0.3, 0.4) is 0 Å². The molecule has 2 aromatic heterocycles. The van der Waals surface area contributed by atoms with E-state index in [2.05, 4.69) is 15.2 Å². The summed E-state index contributed by atoms with van der Waals surface area (Å²) in [5.74, 6) is -0.469. The van der Waals surface area contributed by atoms with Gasteiger partial charge in [0.2, 0.25) is 0 Å². The van der Waals surface area contributed by atoms with Crippen molar-refractivity contribution in [2.24, 2.45) is 0 Å². The van der Waals surface area contributed by atoms with Crippen LogP contribution in [0.25, 0.3) is 11.5 Å². The van der Waals surface area contributed by atoms with Crippen LogP contribution < -0.4 is 5.73 Å². The van der Waals surface area contributed by atoms with Crippen molar-refractivity contribution in [1.82, 2.24) is 15.2 Å². The summed E-state index contributed by atoms with van der Waals surface area (Å²) in [6.07, 6.45) is 2.49. The highest BCUT2D eigenvalue weighted by molar-refractivity contribution is 5.52. The van der Waals surface area contributed by atoms with E-state index in [1.165, 1.54) is 12.3 Å². The normalized spacial score (nSPS) is 10.2. The molecule has 0 saturated heterocycles. The van der Waals surface area contributed by atoms with Crippen LogP contribution >= 0.6 is 0 Å². The van der Waals surface area contributed by atoms with Gasteiger partial charge in [0, 0.05) is 6.20 Å². The number of hydrogen-bond donors (Lipinski definition) is 1. The van der Waals surface area contributed by atoms with Gasteiger partial charge in [-0.15, -0.1) is 5.10 Å². The van der Waals surface area contributed by atoms with Crippen molar-refractivity contribution < 1.29 is 8.81 Å². The Morgan fingerprint density at radius 3 is 2.85 bits per heavy atom. The second-order valence-electron chi connectivity index (χ2n) is 2.30. The van der Waals surface area contributed by atoms with Crippen LogP contribution in [0.2, 0.25) is 0 Å². The van der Waals surface area contributed by atoms with E-state index in [0.717, 1.165) is 6.20 Å². The fourth-order valence-electron chi connectivity index (χ4n) is 0.892. The number of hydrogen-bond acceptors (Lipinski definition) is 5. The van der Waals surface area contributed by atoms with E-state index in [0.29, 0.717) is 0 Å². The number of anilines is 1. The molecule has 2 heterocycles. The Bertz CT molecular complexity index is 428. The highest BCUT2D eigenvalue weighted by Gasteiger charge is 2.10. The molecule has 0 amide bonds. The minimum atomic E-state index is -0.522. The summed E-state index contributed by atoms with van der Waals surface area (Å²) in [5.41, 5.74) is 5.38. The smallest absolute Gasteiger partial charge is 0.313 e. The van der Waals surface area contributed by atoms with Crippen molar-refractivity contribution in [3.63, 3.8) is 0 Å². The standard InChI is InChI=1S/C7H5FN4O/c8-5-3-10-2-1-4(5)6-11-12-7(9)13-6/h1-3H,(H2,9,12). The van der Waals surface area contributed by atoms with E-state index < -0.39 is 5.82 Å². The maximum absolute atomic E-state index is 13.1. The Kier molecular flexibility index (Phi) is 1.66. The molecule has 5 nitrogen and oxygen atoms in total. The third kappa shape index (κ3) is 1.33. The van der Waals surface area contributed by atoms with Crippen LogP contribution in [-0.4, -0.2) is 15.2 Å². The number of nitrogens with zero attached hydrogens (tertiary/aromatic N) is 3. The molecule has 0 unspecified atom stereocenters. The Morgan fingerprint density at radius 1 is 1.38 bits per heavy atom. The van der Waals surface area contributed by atoms with Gasteiger partial charge in [-0.2, -0.15) is 0 Å². The zero-order valence-electron chi connectivity index (χ0n) is 6.44. The average Bonchev–Trinajstić information content (AvgIpc) is 2.53. The molecule has 0 saturated carbocycles. The molecule has 2 aromatic rings. The number of aromatic nitrogens is 3. The van der Waals surface area contributed by atoms with Crippen molar-refractivity contribution in [3.8, 4) is 11.5 Å². The van der Waals surface area contributed by atoms with E-state index in [1.54, 1.807) is 0 Å². The van der Waals surface area contributed by atoms with E-state index in [1.807, 2.05) is 0 Å². The van der Waals surface area contributed by atoms with Gasteiger partial charge in [-0.25, -0.2) is 4.39 Å². The van der Waals surface area contributed by atoms with E-state index in [-0.39, 0.29) is 17.5 Å². The van der Waals surface area contributed by atoms with Crippen molar-refractivity contribution in [2.75, 3.05) is 5.73 Å². The highest BCUT2D eigenvalue weighted by Crippen LogP contribution is 2.20. The zero-order chi connectivity index (χ0) is 9.26. The predicted octanol–water partition coefficient (Wildman–Crippen LogP) is 0.853. The van der Waals surface area contributed by atoms with Gasteiger partial charge >= 0.3 is 6.01 Å². The summed E-state index contributed by atoms with van der Waals surface area (Å²) in [7, 11) is 0. The molecule has 0 spiro atoms. The lowest BCUT2D eigenvalue weighted by Crippen LogP contribution is -1.85. The number of halogens is 1. The van der Waals surface area contributed by atoms with Crippen LogP contribution in [0.4, 0.5) is 10.4 Å². The summed E-state index contributed by atoms with van der Waals surface area (Å²) in [6.45, 7) is 0. The molecule has 0 atom stereocenters. The predicted molar refractivity (Wildman–Crippen MR) is 41.9 cm³/mol. The summed E-state index contributed by atoms with van der Waals surface area (Å²) in [4.78, 5) is 3.58. The Hall–Kier alpha value is -1.98. The second kappa shape index (κ2) is 2.81. The Labute approximate surface area is 72.4 Å². The monoisotopic (exact) mass is 180 g/mol. The minimum Gasteiger partial charge on any atom is -0.403 e. The molecule has 0 radical (unpaired) electrons. The molecule has 0 aliphatic heterocycles. The van der Waals surface area contributed by atoms with Gasteiger partial charge < -0.3 is 10.2 Å². The second-order valence-corrected chi connectivity index (χ2v) is 2.30. The topological polar surface area (TPSA) is 77.8 Å². The Balaban J connectivity index is 2.52. The molecule has 0 aliphatic carbocycles. The zero-order valence-corrected chi connectivity index (χ0v) is 6.44. The molecule has 13 heavy (non-hydrogen) atoms. The fraction of sp³-hybridized carbons (Fsp3) is 0. The quantitative estimate of drug-likeness (QED) is 0.703. The van der Waals surface area contributed by atoms with Crippen LogP contribution in [0.15, 0.2) is 22.9 Å². The van der Waals surface area contributed by atoms with Gasteiger partial charge in [0.25, 0.3) is 5.89 Å². The molecule has 0 bridgehead atoms. The van der Waals surface area contributed by atoms with E-state index in [4.69, 9.17) is 10.2 Å². The summed E-state index contributed by atoms with van der Waals surface area (Å²) < 4.78 is 17.9. The van der Waals surface area contributed by atoms with Crippen LogP contribution in [0.1, 0.15) is 0 Å². The average molecular weight is 180 g/mol. The van der Waals surface area contributed by atoms with Crippen molar-refractivity contribution in [1.29, 1.82) is 0 Å². The molecule has 6 heteroatoms. The first-order valence-corrected chi connectivity index (χ1v) is 3.46. The SMILES string of the molecule is Nc1nnc(-c2ccncc2F)o1. The van der Waals surface area contributed by atoms with Crippen LogP contribution in [0, 0.1) is 5.82 Å². The van der Waals surface area contributed by atoms with Gasteiger partial charge in [-0.3, -0.25) is 4.98 Å². The van der Waals surface area contributed by atoms with Crippen molar-refractivity contribution in [3.05, 3.63) is 24.3 Å². The molecular formula is C7H5FN4O. The molecular weight excluding hydrogens is 175 g/mol. The van der Waals surface area contributed by atoms with Crippen LogP contribution in [0.5, 0.6) is 0 Å². The molecule has 0 aliphatic rings. The first kappa shape index (κ1) is 7.66. The first-order chi connectivity index (χ1) is 6.27. The minimum absolute atomic E-state index is 0.0531. The largest absolute Gasteiger partial charge is 0.403 e. The van der Waals surface area contributed by atoms with Gasteiger partial charge in [0.1, 0.15) is 0 Å². The maximum atomic E-state index is 13.1. The molecule has 66 valence electrons. The molecule has 0 aromatic carbocycles. The Morgan fingerprint density at radius 2 is 2.23 bits per heavy atom. The summed E-state index contributed by atoms with van der Waals surface area (Å²) in [6, 6.07) is 1.34. The highest BCUT2D eigenvalue weighted by atomic mass is 19.1. The van der Waals surface area contributed by atoms with Crippen molar-refractivity contribution >= 4 is 6.01 Å². The van der Waals surface area contributed by atoms with E-state index >= 15 is 0 Å². The third-order valence-electron chi connectivity index (χ3n) is 1.44. The lowest BCUT2D eigenvalue weighted by molar-refractivity contribution is 0.573. The van der Waals surface area contributed by atoms with Gasteiger partial charge in [-0.1, -0.05) is 5.10 Å². The van der Waals surface area contributed by atoms with Crippen molar-refractivity contribution in [2.45, 2.75) is 0 Å².